The molecule has 2 nitrogen and oxygen atoms in total. The quantitative estimate of drug-likeness (QED) is 0.728. The first kappa shape index (κ1) is 12.9. The fraction of sp³-hybridized carbons (Fsp3) is 0.438. The van der Waals surface area contributed by atoms with Gasteiger partial charge in [-0.15, -0.1) is 0 Å². The molecule has 1 aliphatic heterocycles. The Morgan fingerprint density at radius 2 is 2.06 bits per heavy atom. The average molecular weight is 243 g/mol. The van der Waals surface area contributed by atoms with Gasteiger partial charge in [0.15, 0.2) is 0 Å². The van der Waals surface area contributed by atoms with Crippen LogP contribution in [0.15, 0.2) is 36.9 Å². The highest BCUT2D eigenvalue weighted by Gasteiger charge is 2.31. The van der Waals surface area contributed by atoms with E-state index in [1.54, 1.807) is 0 Å². The number of piperidine rings is 1. The van der Waals surface area contributed by atoms with Crippen LogP contribution >= 0.6 is 0 Å². The Hall–Kier alpha value is -1.57. The molecule has 0 saturated carbocycles. The lowest BCUT2D eigenvalue weighted by Crippen LogP contribution is -2.41. The van der Waals surface area contributed by atoms with Gasteiger partial charge in [0.1, 0.15) is 0 Å². The van der Waals surface area contributed by atoms with Crippen molar-refractivity contribution in [1.82, 2.24) is 4.90 Å². The molecular formula is C16H21NO. The minimum Gasteiger partial charge on any atom is -0.332 e. The topological polar surface area (TPSA) is 20.3 Å². The lowest BCUT2D eigenvalue weighted by molar-refractivity contribution is -0.131. The van der Waals surface area contributed by atoms with Crippen molar-refractivity contribution in [1.29, 1.82) is 0 Å². The minimum absolute atomic E-state index is 0.0483. The molecule has 0 N–H and O–H groups in total. The van der Waals surface area contributed by atoms with Crippen LogP contribution in [-0.2, 0) is 4.79 Å². The lowest BCUT2D eigenvalue weighted by Gasteiger charge is -2.40. The summed E-state index contributed by atoms with van der Waals surface area (Å²) in [7, 11) is 0. The number of carbonyl (C=O) groups is 1. The Kier molecular flexibility index (Phi) is 3.85. The highest BCUT2D eigenvalue weighted by atomic mass is 16.2. The molecule has 1 aromatic carbocycles. The molecule has 1 aromatic rings. The number of hydrogen-bond donors (Lipinski definition) is 0. The second-order valence-corrected chi connectivity index (χ2v) is 5.21. The van der Waals surface area contributed by atoms with Gasteiger partial charge in [0.05, 0.1) is 6.04 Å². The van der Waals surface area contributed by atoms with Gasteiger partial charge in [-0.05, 0) is 37.3 Å². The van der Waals surface area contributed by atoms with Gasteiger partial charge in [0.25, 0.3) is 0 Å². The van der Waals surface area contributed by atoms with E-state index < -0.39 is 0 Å². The van der Waals surface area contributed by atoms with Crippen molar-refractivity contribution in [3.8, 4) is 0 Å². The maximum absolute atomic E-state index is 12.0. The van der Waals surface area contributed by atoms with E-state index in [2.05, 4.69) is 44.7 Å². The SMILES string of the molecule is C=CC(=O)N1CCC[C@@H](C)[C@H]1c1ccc(C)cc1. The van der Waals surface area contributed by atoms with Crippen LogP contribution in [0.3, 0.4) is 0 Å². The number of hydrogen-bond acceptors (Lipinski definition) is 1. The summed E-state index contributed by atoms with van der Waals surface area (Å²) >= 11 is 0. The Bertz CT molecular complexity index is 435. The van der Waals surface area contributed by atoms with Gasteiger partial charge >= 0.3 is 0 Å². The zero-order valence-electron chi connectivity index (χ0n) is 11.2. The molecule has 2 rings (SSSR count). The second-order valence-electron chi connectivity index (χ2n) is 5.21. The fourth-order valence-corrected chi connectivity index (χ4v) is 2.82. The lowest BCUT2D eigenvalue weighted by atomic mass is 9.85. The predicted molar refractivity (Wildman–Crippen MR) is 74.2 cm³/mol. The highest BCUT2D eigenvalue weighted by molar-refractivity contribution is 5.87. The van der Waals surface area contributed by atoms with Crippen molar-refractivity contribution >= 4 is 5.91 Å². The number of amides is 1. The standard InChI is InChI=1S/C16H21NO/c1-4-15(18)17-11-5-6-13(3)16(17)14-9-7-12(2)8-10-14/h4,7-10,13,16H,1,5-6,11H2,2-3H3/t13-,16+/m1/s1. The van der Waals surface area contributed by atoms with E-state index in [0.717, 1.165) is 13.0 Å². The molecule has 0 bridgehead atoms. The van der Waals surface area contributed by atoms with Gasteiger partial charge < -0.3 is 4.90 Å². The summed E-state index contributed by atoms with van der Waals surface area (Å²) in [5, 5.41) is 0. The number of carbonyl (C=O) groups excluding carboxylic acids is 1. The highest BCUT2D eigenvalue weighted by Crippen LogP contribution is 2.35. The van der Waals surface area contributed by atoms with Gasteiger partial charge in [0.2, 0.25) is 5.91 Å². The Morgan fingerprint density at radius 3 is 2.67 bits per heavy atom. The van der Waals surface area contributed by atoms with Crippen molar-refractivity contribution in [2.45, 2.75) is 32.7 Å². The summed E-state index contributed by atoms with van der Waals surface area (Å²) in [5.41, 5.74) is 2.49. The number of aryl methyl sites for hydroxylation is 1. The molecule has 0 radical (unpaired) electrons. The molecule has 96 valence electrons. The van der Waals surface area contributed by atoms with Crippen molar-refractivity contribution in [2.24, 2.45) is 5.92 Å². The first-order valence-electron chi connectivity index (χ1n) is 6.63. The van der Waals surface area contributed by atoms with E-state index in [-0.39, 0.29) is 11.9 Å². The van der Waals surface area contributed by atoms with Crippen LogP contribution < -0.4 is 0 Å². The predicted octanol–water partition coefficient (Wildman–Crippen LogP) is 3.48. The Labute approximate surface area is 109 Å². The summed E-state index contributed by atoms with van der Waals surface area (Å²) in [6.45, 7) is 8.77. The maximum Gasteiger partial charge on any atom is 0.246 e. The maximum atomic E-state index is 12.0. The van der Waals surface area contributed by atoms with E-state index in [1.165, 1.54) is 23.6 Å². The van der Waals surface area contributed by atoms with Crippen LogP contribution in [0.25, 0.3) is 0 Å². The number of likely N-dealkylation sites (tertiary alicyclic amines) is 1. The molecule has 0 unspecified atom stereocenters. The van der Waals surface area contributed by atoms with E-state index >= 15 is 0 Å². The zero-order chi connectivity index (χ0) is 13.1. The van der Waals surface area contributed by atoms with E-state index in [0.29, 0.717) is 5.92 Å². The Morgan fingerprint density at radius 1 is 1.39 bits per heavy atom. The fourth-order valence-electron chi connectivity index (χ4n) is 2.82. The molecule has 0 aliphatic carbocycles. The molecule has 0 spiro atoms. The average Bonchev–Trinajstić information content (AvgIpc) is 2.39. The molecular weight excluding hydrogens is 222 g/mol. The minimum atomic E-state index is 0.0483. The van der Waals surface area contributed by atoms with Gasteiger partial charge in [-0.25, -0.2) is 0 Å². The van der Waals surface area contributed by atoms with E-state index in [9.17, 15) is 4.79 Å². The first-order valence-corrected chi connectivity index (χ1v) is 6.63. The van der Waals surface area contributed by atoms with Crippen molar-refractivity contribution in [2.75, 3.05) is 6.54 Å². The van der Waals surface area contributed by atoms with Crippen LogP contribution in [0.5, 0.6) is 0 Å². The third-order valence-electron chi connectivity index (χ3n) is 3.81. The van der Waals surface area contributed by atoms with E-state index in [1.807, 2.05) is 4.90 Å². The number of rotatable bonds is 2. The largest absolute Gasteiger partial charge is 0.332 e. The monoisotopic (exact) mass is 243 g/mol. The smallest absolute Gasteiger partial charge is 0.246 e. The first-order chi connectivity index (χ1) is 8.63. The summed E-state index contributed by atoms with van der Waals surface area (Å²) in [6.07, 6.45) is 3.70. The third kappa shape index (κ3) is 2.47. The molecule has 1 heterocycles. The normalized spacial score (nSPS) is 23.8. The molecule has 1 fully saturated rings. The molecule has 2 heteroatoms. The van der Waals surface area contributed by atoms with Crippen LogP contribution in [0, 0.1) is 12.8 Å². The number of benzene rings is 1. The zero-order valence-corrected chi connectivity index (χ0v) is 11.2. The molecule has 18 heavy (non-hydrogen) atoms. The summed E-state index contributed by atoms with van der Waals surface area (Å²) < 4.78 is 0. The molecule has 1 amide bonds. The third-order valence-corrected chi connectivity index (χ3v) is 3.81. The molecule has 2 atom stereocenters. The second kappa shape index (κ2) is 5.38. The van der Waals surface area contributed by atoms with Gasteiger partial charge in [-0.3, -0.25) is 4.79 Å². The summed E-state index contributed by atoms with van der Waals surface area (Å²) in [5.74, 6) is 0.553. The van der Waals surface area contributed by atoms with E-state index in [4.69, 9.17) is 0 Å². The van der Waals surface area contributed by atoms with Gasteiger partial charge in [-0.1, -0.05) is 43.3 Å². The van der Waals surface area contributed by atoms with Crippen LogP contribution in [0.1, 0.15) is 36.9 Å². The van der Waals surface area contributed by atoms with Crippen LogP contribution in [-0.4, -0.2) is 17.4 Å². The van der Waals surface area contributed by atoms with Crippen molar-refractivity contribution < 1.29 is 4.79 Å². The Balaban J connectivity index is 2.32. The number of nitrogens with zero attached hydrogens (tertiary/aromatic N) is 1. The van der Waals surface area contributed by atoms with Crippen LogP contribution in [0.4, 0.5) is 0 Å². The molecule has 0 aromatic heterocycles. The van der Waals surface area contributed by atoms with Crippen LogP contribution in [0.2, 0.25) is 0 Å². The van der Waals surface area contributed by atoms with Gasteiger partial charge in [0, 0.05) is 6.54 Å². The van der Waals surface area contributed by atoms with Crippen molar-refractivity contribution in [3.05, 3.63) is 48.0 Å². The molecule has 1 saturated heterocycles. The molecule has 1 aliphatic rings. The van der Waals surface area contributed by atoms with Gasteiger partial charge in [-0.2, -0.15) is 0 Å². The summed E-state index contributed by atoms with van der Waals surface area (Å²) in [6, 6.07) is 8.72. The summed E-state index contributed by atoms with van der Waals surface area (Å²) in [4.78, 5) is 13.9. The van der Waals surface area contributed by atoms with Crippen molar-refractivity contribution in [3.63, 3.8) is 0 Å².